The molecule has 2 fully saturated rings. The number of fused-ring (bicyclic) bond motifs is 2. The lowest BCUT2D eigenvalue weighted by Gasteiger charge is -2.32. The molecule has 108 valence electrons. The molecular weight excluding hydrogens is 242 g/mol. The molecule has 4 atom stereocenters. The van der Waals surface area contributed by atoms with Gasteiger partial charge < -0.3 is 16.4 Å². The van der Waals surface area contributed by atoms with Crippen LogP contribution in [0, 0.1) is 17.8 Å². The lowest BCUT2D eigenvalue weighted by Crippen LogP contribution is -2.49. The number of nitrogens with zero attached hydrogens (tertiary/aromatic N) is 1. The van der Waals surface area contributed by atoms with Gasteiger partial charge in [0, 0.05) is 12.6 Å². The molecule has 0 aromatic rings. The molecule has 2 saturated carbocycles. The van der Waals surface area contributed by atoms with Crippen LogP contribution in [0.15, 0.2) is 0 Å². The molecule has 2 aliphatic carbocycles. The minimum Gasteiger partial charge on any atom is -0.368 e. The fourth-order valence-electron chi connectivity index (χ4n) is 3.72. The van der Waals surface area contributed by atoms with Gasteiger partial charge in [0.05, 0.1) is 12.5 Å². The first-order valence-corrected chi connectivity index (χ1v) is 7.37. The summed E-state index contributed by atoms with van der Waals surface area (Å²) in [7, 11) is 0. The molecule has 5 nitrogen and oxygen atoms in total. The van der Waals surface area contributed by atoms with E-state index in [9.17, 15) is 9.59 Å². The van der Waals surface area contributed by atoms with Crippen molar-refractivity contribution < 1.29 is 9.59 Å². The van der Waals surface area contributed by atoms with Crippen LogP contribution in [-0.4, -0.2) is 35.8 Å². The van der Waals surface area contributed by atoms with E-state index in [-0.39, 0.29) is 24.4 Å². The lowest BCUT2D eigenvalue weighted by molar-refractivity contribution is -0.140. The Morgan fingerprint density at radius 2 is 1.95 bits per heavy atom. The van der Waals surface area contributed by atoms with Crippen molar-refractivity contribution in [2.75, 3.05) is 13.1 Å². The van der Waals surface area contributed by atoms with Crippen molar-refractivity contribution in [3.63, 3.8) is 0 Å². The van der Waals surface area contributed by atoms with E-state index in [0.29, 0.717) is 18.4 Å². The summed E-state index contributed by atoms with van der Waals surface area (Å²) in [5.74, 6) is 0.438. The Morgan fingerprint density at radius 3 is 2.47 bits per heavy atom. The van der Waals surface area contributed by atoms with Crippen molar-refractivity contribution in [2.24, 2.45) is 29.2 Å². The van der Waals surface area contributed by atoms with Gasteiger partial charge in [-0.25, -0.2) is 0 Å². The van der Waals surface area contributed by atoms with E-state index in [0.717, 1.165) is 32.1 Å². The minimum absolute atomic E-state index is 0.0248. The molecule has 0 spiro atoms. The Balaban J connectivity index is 2.03. The first-order valence-electron chi connectivity index (χ1n) is 7.37. The van der Waals surface area contributed by atoms with Crippen molar-refractivity contribution in [1.29, 1.82) is 0 Å². The van der Waals surface area contributed by atoms with E-state index in [1.165, 1.54) is 0 Å². The van der Waals surface area contributed by atoms with Gasteiger partial charge in [-0.1, -0.05) is 13.3 Å². The number of unbranched alkanes of at least 4 members (excludes halogenated alkanes) is 1. The second kappa shape index (κ2) is 5.90. The third-order valence-corrected chi connectivity index (χ3v) is 4.71. The third-order valence-electron chi connectivity index (χ3n) is 4.71. The summed E-state index contributed by atoms with van der Waals surface area (Å²) in [5, 5.41) is 0. The molecule has 2 rings (SSSR count). The Kier molecular flexibility index (Phi) is 4.45. The van der Waals surface area contributed by atoms with Crippen molar-refractivity contribution in [3.05, 3.63) is 0 Å². The summed E-state index contributed by atoms with van der Waals surface area (Å²) in [6.07, 6.45) is 5.23. The Labute approximate surface area is 114 Å². The van der Waals surface area contributed by atoms with Crippen LogP contribution in [0.25, 0.3) is 0 Å². The summed E-state index contributed by atoms with van der Waals surface area (Å²) in [5.41, 5.74) is 11.4. The fraction of sp³-hybridized carbons (Fsp3) is 0.857. The van der Waals surface area contributed by atoms with Crippen LogP contribution in [0.4, 0.5) is 0 Å². The van der Waals surface area contributed by atoms with Gasteiger partial charge in [0.25, 0.3) is 0 Å². The molecule has 0 heterocycles. The van der Waals surface area contributed by atoms with E-state index in [1.54, 1.807) is 4.90 Å². The molecule has 2 bridgehead atoms. The zero-order valence-electron chi connectivity index (χ0n) is 11.7. The summed E-state index contributed by atoms with van der Waals surface area (Å²) in [6, 6.07) is -0.0248. The molecule has 5 heteroatoms. The van der Waals surface area contributed by atoms with E-state index < -0.39 is 5.91 Å². The number of nitrogens with two attached hydrogens (primary N) is 2. The van der Waals surface area contributed by atoms with E-state index >= 15 is 0 Å². The Morgan fingerprint density at radius 1 is 1.26 bits per heavy atom. The van der Waals surface area contributed by atoms with Gasteiger partial charge in [0.1, 0.15) is 0 Å². The van der Waals surface area contributed by atoms with Crippen LogP contribution in [0.1, 0.15) is 39.0 Å². The van der Waals surface area contributed by atoms with Gasteiger partial charge in [-0.15, -0.1) is 0 Å². The Bertz CT molecular complexity index is 357. The van der Waals surface area contributed by atoms with Crippen LogP contribution in [0.5, 0.6) is 0 Å². The summed E-state index contributed by atoms with van der Waals surface area (Å²) in [4.78, 5) is 25.4. The molecule has 0 aromatic carbocycles. The van der Waals surface area contributed by atoms with Crippen LogP contribution in [0.2, 0.25) is 0 Å². The van der Waals surface area contributed by atoms with Crippen LogP contribution < -0.4 is 11.5 Å². The average molecular weight is 267 g/mol. The van der Waals surface area contributed by atoms with Gasteiger partial charge in [-0.2, -0.15) is 0 Å². The minimum atomic E-state index is -0.443. The number of hydrogen-bond acceptors (Lipinski definition) is 3. The smallest absolute Gasteiger partial charge is 0.237 e. The van der Waals surface area contributed by atoms with Crippen molar-refractivity contribution in [2.45, 2.75) is 45.1 Å². The first kappa shape index (κ1) is 14.3. The topological polar surface area (TPSA) is 89.4 Å². The monoisotopic (exact) mass is 267 g/mol. The number of rotatable bonds is 6. The van der Waals surface area contributed by atoms with Gasteiger partial charge in [0.2, 0.25) is 11.8 Å². The molecule has 4 unspecified atom stereocenters. The maximum atomic E-state index is 12.6. The number of primary amides is 1. The second-order valence-corrected chi connectivity index (χ2v) is 6.02. The van der Waals surface area contributed by atoms with Gasteiger partial charge >= 0.3 is 0 Å². The van der Waals surface area contributed by atoms with Gasteiger partial charge in [0.15, 0.2) is 0 Å². The highest BCUT2D eigenvalue weighted by atomic mass is 16.2. The molecule has 0 saturated heterocycles. The molecule has 0 aliphatic heterocycles. The maximum Gasteiger partial charge on any atom is 0.237 e. The SMILES string of the molecule is CCCCN(CC(N)=O)C(=O)C1C2CCC(C2)C1N. The highest BCUT2D eigenvalue weighted by molar-refractivity contribution is 5.86. The standard InChI is InChI=1S/C14H25N3O2/c1-2-3-6-17(8-11(15)18)14(19)12-9-4-5-10(7-9)13(12)16/h9-10,12-13H,2-8,16H2,1H3,(H2,15,18). The first-order chi connectivity index (χ1) is 9.04. The van der Waals surface area contributed by atoms with Crippen LogP contribution >= 0.6 is 0 Å². The largest absolute Gasteiger partial charge is 0.368 e. The quantitative estimate of drug-likeness (QED) is 0.733. The highest BCUT2D eigenvalue weighted by Gasteiger charge is 2.50. The molecule has 4 N–H and O–H groups in total. The molecule has 19 heavy (non-hydrogen) atoms. The molecule has 2 amide bonds. The van der Waals surface area contributed by atoms with E-state index in [2.05, 4.69) is 6.92 Å². The summed E-state index contributed by atoms with van der Waals surface area (Å²) >= 11 is 0. The van der Waals surface area contributed by atoms with E-state index in [1.807, 2.05) is 0 Å². The summed E-state index contributed by atoms with van der Waals surface area (Å²) in [6.45, 7) is 2.70. The fourth-order valence-corrected chi connectivity index (χ4v) is 3.72. The number of hydrogen-bond donors (Lipinski definition) is 2. The number of carbonyl (C=O) groups excluding carboxylic acids is 2. The highest BCUT2D eigenvalue weighted by Crippen LogP contribution is 2.48. The molecule has 0 aromatic heterocycles. The van der Waals surface area contributed by atoms with Gasteiger partial charge in [-0.3, -0.25) is 9.59 Å². The van der Waals surface area contributed by atoms with Crippen molar-refractivity contribution in [3.8, 4) is 0 Å². The number of carbonyl (C=O) groups is 2. The molecular formula is C14H25N3O2. The summed E-state index contributed by atoms with van der Waals surface area (Å²) < 4.78 is 0. The van der Waals surface area contributed by atoms with Crippen LogP contribution in [0.3, 0.4) is 0 Å². The second-order valence-electron chi connectivity index (χ2n) is 6.02. The lowest BCUT2D eigenvalue weighted by atomic mass is 9.84. The predicted molar refractivity (Wildman–Crippen MR) is 73.0 cm³/mol. The third kappa shape index (κ3) is 2.91. The zero-order valence-corrected chi connectivity index (χ0v) is 11.7. The Hall–Kier alpha value is -1.10. The van der Waals surface area contributed by atoms with Crippen LogP contribution in [-0.2, 0) is 9.59 Å². The number of amides is 2. The normalized spacial score (nSPS) is 32.5. The van der Waals surface area contributed by atoms with Crippen molar-refractivity contribution in [1.82, 2.24) is 4.90 Å². The van der Waals surface area contributed by atoms with Crippen molar-refractivity contribution >= 4 is 11.8 Å². The molecule has 2 aliphatic rings. The molecule has 0 radical (unpaired) electrons. The van der Waals surface area contributed by atoms with Gasteiger partial charge in [-0.05, 0) is 37.5 Å². The van der Waals surface area contributed by atoms with E-state index in [4.69, 9.17) is 11.5 Å². The predicted octanol–water partition coefficient (Wildman–Crippen LogP) is 0.474. The maximum absolute atomic E-state index is 12.6. The average Bonchev–Trinajstić information content (AvgIpc) is 2.93. The zero-order chi connectivity index (χ0) is 14.0.